The number of carbonyl (C=O) groups is 2. The van der Waals surface area contributed by atoms with E-state index in [2.05, 4.69) is 15.5 Å². The van der Waals surface area contributed by atoms with Gasteiger partial charge in [0, 0.05) is 31.8 Å². The van der Waals surface area contributed by atoms with Crippen LogP contribution in [0.3, 0.4) is 0 Å². The maximum Gasteiger partial charge on any atom is 0.408 e. The molecule has 2 aromatic heterocycles. The molecule has 42 heavy (non-hydrogen) atoms. The van der Waals surface area contributed by atoms with Crippen LogP contribution < -0.4 is 20.3 Å². The van der Waals surface area contributed by atoms with Crippen LogP contribution in [0.1, 0.15) is 59.1 Å². The van der Waals surface area contributed by atoms with Crippen LogP contribution in [-0.2, 0) is 14.3 Å². The van der Waals surface area contributed by atoms with Crippen LogP contribution in [0, 0.1) is 5.92 Å². The van der Waals surface area contributed by atoms with Crippen molar-refractivity contribution in [3.05, 3.63) is 30.6 Å². The first-order valence-corrected chi connectivity index (χ1v) is 14.7. The van der Waals surface area contributed by atoms with E-state index in [9.17, 15) is 9.59 Å². The van der Waals surface area contributed by atoms with E-state index in [1.165, 1.54) is 0 Å². The molecule has 0 aliphatic carbocycles. The Balaban J connectivity index is 1.32. The molecule has 1 aromatic carbocycles. The van der Waals surface area contributed by atoms with Gasteiger partial charge in [-0.15, -0.1) is 0 Å². The molecule has 226 valence electrons. The number of anilines is 1. The zero-order chi connectivity index (χ0) is 29.7. The smallest absolute Gasteiger partial charge is 0.408 e. The molecule has 2 saturated heterocycles. The van der Waals surface area contributed by atoms with Gasteiger partial charge in [-0.25, -0.2) is 14.8 Å². The summed E-state index contributed by atoms with van der Waals surface area (Å²) in [7, 11) is 1.65. The van der Waals surface area contributed by atoms with Crippen LogP contribution in [0.4, 0.5) is 10.7 Å². The molecule has 0 bridgehead atoms. The number of rotatable bonds is 8. The zero-order valence-corrected chi connectivity index (χ0v) is 24.9. The van der Waals surface area contributed by atoms with Gasteiger partial charge < -0.3 is 29.7 Å². The average Bonchev–Trinajstić information content (AvgIpc) is 3.42. The quantitative estimate of drug-likeness (QED) is 0.405. The number of carbonyl (C=O) groups excluding carboxylic acids is 2. The van der Waals surface area contributed by atoms with Crippen molar-refractivity contribution in [3.8, 4) is 17.0 Å². The van der Waals surface area contributed by atoms with Gasteiger partial charge in [-0.3, -0.25) is 9.36 Å². The van der Waals surface area contributed by atoms with Crippen molar-refractivity contribution in [2.24, 2.45) is 5.92 Å². The second kappa shape index (κ2) is 12.9. The van der Waals surface area contributed by atoms with Crippen LogP contribution in [0.25, 0.3) is 22.4 Å². The Morgan fingerprint density at radius 1 is 1.07 bits per heavy atom. The topological polar surface area (TPSA) is 133 Å². The number of amides is 2. The van der Waals surface area contributed by atoms with E-state index in [-0.39, 0.29) is 24.6 Å². The van der Waals surface area contributed by atoms with E-state index in [0.717, 1.165) is 73.4 Å². The predicted octanol–water partition coefficient (Wildman–Crippen LogP) is 4.06. The Hall–Kier alpha value is -3.93. The molecule has 3 aromatic rings. The maximum atomic E-state index is 12.4. The Morgan fingerprint density at radius 2 is 1.88 bits per heavy atom. The number of alkyl carbamates (subject to hydrolysis) is 1. The van der Waals surface area contributed by atoms with Gasteiger partial charge >= 0.3 is 6.09 Å². The van der Waals surface area contributed by atoms with Crippen molar-refractivity contribution in [2.45, 2.75) is 64.7 Å². The van der Waals surface area contributed by atoms with Crippen LogP contribution in [-0.4, -0.2) is 77.0 Å². The van der Waals surface area contributed by atoms with E-state index in [1.807, 2.05) is 35.2 Å². The summed E-state index contributed by atoms with van der Waals surface area (Å²) >= 11 is 0. The monoisotopic (exact) mass is 579 g/mol. The lowest BCUT2D eigenvalue weighted by Gasteiger charge is -2.33. The summed E-state index contributed by atoms with van der Waals surface area (Å²) in [5, 5.41) is 5.46. The van der Waals surface area contributed by atoms with E-state index in [0.29, 0.717) is 19.0 Å². The van der Waals surface area contributed by atoms with Gasteiger partial charge in [0.2, 0.25) is 11.9 Å². The highest BCUT2D eigenvalue weighted by Gasteiger charge is 2.27. The van der Waals surface area contributed by atoms with Gasteiger partial charge in [0.25, 0.3) is 0 Å². The molecule has 2 N–H and O–H groups in total. The van der Waals surface area contributed by atoms with Crippen molar-refractivity contribution >= 4 is 29.1 Å². The Kier molecular flexibility index (Phi) is 9.10. The summed E-state index contributed by atoms with van der Waals surface area (Å²) in [5.41, 5.74) is 2.55. The normalized spacial score (nSPS) is 19.4. The van der Waals surface area contributed by atoms with Gasteiger partial charge in [0.1, 0.15) is 28.8 Å². The molecule has 2 atom stereocenters. The first-order chi connectivity index (χ1) is 20.2. The third-order valence-corrected chi connectivity index (χ3v) is 7.42. The molecule has 0 spiro atoms. The lowest BCUT2D eigenvalue weighted by atomic mass is 9.98. The number of benzene rings is 1. The van der Waals surface area contributed by atoms with Crippen LogP contribution in [0.15, 0.2) is 30.6 Å². The Morgan fingerprint density at radius 3 is 2.60 bits per heavy atom. The number of hydrogen-bond acceptors (Lipinski definition) is 9. The lowest BCUT2D eigenvalue weighted by molar-refractivity contribution is -0.120. The van der Waals surface area contributed by atoms with Crippen LogP contribution in [0.5, 0.6) is 5.75 Å². The highest BCUT2D eigenvalue weighted by atomic mass is 16.6. The lowest BCUT2D eigenvalue weighted by Crippen LogP contribution is -2.44. The fourth-order valence-electron chi connectivity index (χ4n) is 5.35. The van der Waals surface area contributed by atoms with E-state index >= 15 is 0 Å². The fourth-order valence-corrected chi connectivity index (χ4v) is 5.35. The van der Waals surface area contributed by atoms with Crippen molar-refractivity contribution in [1.29, 1.82) is 0 Å². The second-order valence-electron chi connectivity index (χ2n) is 11.9. The summed E-state index contributed by atoms with van der Waals surface area (Å²) in [6, 6.07) is 7.81. The highest BCUT2D eigenvalue weighted by Crippen LogP contribution is 2.33. The van der Waals surface area contributed by atoms with E-state index in [4.69, 9.17) is 29.2 Å². The van der Waals surface area contributed by atoms with Gasteiger partial charge in [0.15, 0.2) is 5.65 Å². The molecule has 2 aliphatic heterocycles. The minimum absolute atomic E-state index is 0.103. The van der Waals surface area contributed by atoms with Gasteiger partial charge in [0.05, 0.1) is 20.0 Å². The van der Waals surface area contributed by atoms with Crippen LogP contribution >= 0.6 is 0 Å². The number of hydrogen-bond donors (Lipinski definition) is 2. The van der Waals surface area contributed by atoms with Crippen molar-refractivity contribution in [2.75, 3.05) is 44.8 Å². The van der Waals surface area contributed by atoms with Gasteiger partial charge in [-0.2, -0.15) is 4.98 Å². The van der Waals surface area contributed by atoms with Gasteiger partial charge in [-0.1, -0.05) is 0 Å². The minimum Gasteiger partial charge on any atom is -0.497 e. The van der Waals surface area contributed by atoms with Crippen molar-refractivity contribution < 1.29 is 23.8 Å². The molecule has 0 radical (unpaired) electrons. The minimum atomic E-state index is -0.619. The summed E-state index contributed by atoms with van der Waals surface area (Å²) < 4.78 is 18.7. The largest absolute Gasteiger partial charge is 0.497 e. The number of imidazole rings is 1. The fraction of sp³-hybridized carbons (Fsp3) is 0.567. The molecule has 0 saturated carbocycles. The average molecular weight is 580 g/mol. The second-order valence-corrected chi connectivity index (χ2v) is 11.9. The number of nitrogens with zero attached hydrogens (tertiary/aromatic N) is 5. The predicted molar refractivity (Wildman–Crippen MR) is 158 cm³/mol. The first kappa shape index (κ1) is 29.6. The SMILES string of the molecule is COc1ccc(-c2nc(N3CCCC(CNC(=O)CNC(=O)OC(C)(C)C)C3)nc3c2ncn3C2CCCCO2)cc1. The molecule has 2 unspecified atom stereocenters. The molecule has 4 heterocycles. The molecular formula is C30H41N7O5. The number of ether oxygens (including phenoxy) is 3. The third-order valence-electron chi connectivity index (χ3n) is 7.42. The van der Waals surface area contributed by atoms with E-state index in [1.54, 1.807) is 27.9 Å². The number of piperidine rings is 1. The summed E-state index contributed by atoms with van der Waals surface area (Å²) in [4.78, 5) is 41.3. The summed E-state index contributed by atoms with van der Waals surface area (Å²) in [5.74, 6) is 1.36. The highest BCUT2D eigenvalue weighted by molar-refractivity contribution is 5.88. The van der Waals surface area contributed by atoms with Crippen molar-refractivity contribution in [3.63, 3.8) is 0 Å². The molecule has 2 aliphatic rings. The van der Waals surface area contributed by atoms with Gasteiger partial charge in [-0.05, 0) is 83.1 Å². The summed E-state index contributed by atoms with van der Waals surface area (Å²) in [6.07, 6.45) is 6.08. The van der Waals surface area contributed by atoms with Crippen molar-refractivity contribution in [1.82, 2.24) is 30.2 Å². The number of methoxy groups -OCH3 is 1. The Labute approximate surface area is 246 Å². The molecule has 5 rings (SSSR count). The van der Waals surface area contributed by atoms with Crippen LogP contribution in [0.2, 0.25) is 0 Å². The number of nitrogens with one attached hydrogen (secondary N) is 2. The molecule has 2 amide bonds. The molecular weight excluding hydrogens is 538 g/mol. The molecule has 12 heteroatoms. The third kappa shape index (κ3) is 7.28. The zero-order valence-electron chi connectivity index (χ0n) is 24.9. The first-order valence-electron chi connectivity index (χ1n) is 14.7. The standard InChI is InChI=1S/C30H41N7O5/c1-30(2,3)42-29(39)32-17-23(38)31-16-20-8-7-14-36(18-20)28-34-25(21-10-12-22(40-4)13-11-21)26-27(35-28)37(19-33-26)24-9-5-6-15-41-24/h10-13,19-20,24H,5-9,14-18H2,1-4H3,(H,31,38)(H,32,39). The molecule has 12 nitrogen and oxygen atoms in total. The Bertz CT molecular complexity index is 1380. The summed E-state index contributed by atoms with van der Waals surface area (Å²) in [6.45, 7) is 7.92. The number of aromatic nitrogens is 4. The number of fused-ring (bicyclic) bond motifs is 1. The van der Waals surface area contributed by atoms with E-state index < -0.39 is 11.7 Å². The molecule has 2 fully saturated rings. The maximum absolute atomic E-state index is 12.4.